The van der Waals surface area contributed by atoms with E-state index in [1.165, 1.54) is 11.1 Å². The average molecular weight is 359 g/mol. The number of hydrogen-bond acceptors (Lipinski definition) is 2. The summed E-state index contributed by atoms with van der Waals surface area (Å²) in [5.41, 5.74) is 4.60. The molecule has 27 heavy (non-hydrogen) atoms. The lowest BCUT2D eigenvalue weighted by molar-refractivity contribution is 0.0929. The summed E-state index contributed by atoms with van der Waals surface area (Å²) in [4.78, 5) is 16.8. The molecule has 1 aliphatic rings. The molecule has 0 radical (unpaired) electrons. The molecule has 138 valence electrons. The molecule has 0 bridgehead atoms. The zero-order chi connectivity index (χ0) is 18.9. The highest BCUT2D eigenvalue weighted by molar-refractivity contribution is 5.94. The molecule has 4 heteroatoms. The van der Waals surface area contributed by atoms with E-state index in [-0.39, 0.29) is 17.4 Å². The van der Waals surface area contributed by atoms with Gasteiger partial charge in [0.2, 0.25) is 0 Å². The minimum Gasteiger partial charge on any atom is -0.345 e. The van der Waals surface area contributed by atoms with Crippen molar-refractivity contribution in [2.45, 2.75) is 44.7 Å². The van der Waals surface area contributed by atoms with E-state index >= 15 is 0 Å². The number of hydrogen-bond donors (Lipinski definition) is 1. The van der Waals surface area contributed by atoms with Crippen LogP contribution in [0.1, 0.15) is 59.8 Å². The number of aromatic nitrogens is 2. The van der Waals surface area contributed by atoms with Crippen LogP contribution in [0.4, 0.5) is 0 Å². The topological polar surface area (TPSA) is 46.9 Å². The maximum Gasteiger partial charge on any atom is 0.251 e. The van der Waals surface area contributed by atoms with E-state index in [1.54, 1.807) is 12.5 Å². The van der Waals surface area contributed by atoms with Gasteiger partial charge in [0.1, 0.15) is 0 Å². The van der Waals surface area contributed by atoms with E-state index in [2.05, 4.69) is 48.4 Å². The third kappa shape index (κ3) is 3.65. The van der Waals surface area contributed by atoms with E-state index in [1.807, 2.05) is 35.0 Å². The van der Waals surface area contributed by atoms with Gasteiger partial charge in [-0.05, 0) is 47.1 Å². The van der Waals surface area contributed by atoms with Gasteiger partial charge in [-0.2, -0.15) is 0 Å². The van der Waals surface area contributed by atoms with Gasteiger partial charge in [-0.1, -0.05) is 50.2 Å². The molecule has 1 N–H and O–H groups in total. The number of carbonyl (C=O) groups is 1. The van der Waals surface area contributed by atoms with Crippen molar-refractivity contribution in [2.75, 3.05) is 0 Å². The summed E-state index contributed by atoms with van der Waals surface area (Å²) in [7, 11) is 0. The van der Waals surface area contributed by atoms with Crippen molar-refractivity contribution in [3.63, 3.8) is 0 Å². The van der Waals surface area contributed by atoms with Crippen molar-refractivity contribution in [1.29, 1.82) is 0 Å². The highest BCUT2D eigenvalue weighted by Gasteiger charge is 2.32. The molecule has 4 rings (SSSR count). The highest BCUT2D eigenvalue weighted by atomic mass is 16.1. The Bertz CT molecular complexity index is 927. The first-order valence-corrected chi connectivity index (χ1v) is 9.48. The van der Waals surface area contributed by atoms with Gasteiger partial charge in [0.05, 0.1) is 12.4 Å². The Kier molecular flexibility index (Phi) is 4.56. The quantitative estimate of drug-likeness (QED) is 0.747. The third-order valence-corrected chi connectivity index (χ3v) is 5.57. The number of amides is 1. The van der Waals surface area contributed by atoms with Crippen LogP contribution in [0.25, 0.3) is 0 Å². The first-order valence-electron chi connectivity index (χ1n) is 9.48. The van der Waals surface area contributed by atoms with Gasteiger partial charge in [-0.25, -0.2) is 4.98 Å². The second-order valence-corrected chi connectivity index (χ2v) is 7.97. The van der Waals surface area contributed by atoms with Gasteiger partial charge in [0.25, 0.3) is 5.91 Å². The van der Waals surface area contributed by atoms with Crippen LogP contribution in [0.15, 0.2) is 67.3 Å². The molecule has 3 aromatic rings. The molecule has 1 atom stereocenters. The van der Waals surface area contributed by atoms with E-state index in [9.17, 15) is 4.79 Å². The fraction of sp³-hybridized carbons (Fsp3) is 0.304. The van der Waals surface area contributed by atoms with Crippen LogP contribution in [0.5, 0.6) is 0 Å². The molecule has 4 nitrogen and oxygen atoms in total. The van der Waals surface area contributed by atoms with Crippen molar-refractivity contribution in [1.82, 2.24) is 14.9 Å². The molecule has 1 aliphatic carbocycles. The van der Waals surface area contributed by atoms with Crippen LogP contribution in [-0.2, 0) is 12.0 Å². The van der Waals surface area contributed by atoms with Crippen molar-refractivity contribution < 1.29 is 4.79 Å². The van der Waals surface area contributed by atoms with Crippen molar-refractivity contribution in [3.8, 4) is 0 Å². The summed E-state index contributed by atoms with van der Waals surface area (Å²) < 4.78 is 2.01. The summed E-state index contributed by atoms with van der Waals surface area (Å²) in [6.45, 7) is 5.32. The van der Waals surface area contributed by atoms with Crippen LogP contribution >= 0.6 is 0 Å². The maximum absolute atomic E-state index is 12.8. The predicted octanol–water partition coefficient (Wildman–Crippen LogP) is 4.47. The van der Waals surface area contributed by atoms with Crippen molar-refractivity contribution >= 4 is 5.91 Å². The Morgan fingerprint density at radius 1 is 1.19 bits per heavy atom. The Morgan fingerprint density at radius 2 is 1.96 bits per heavy atom. The van der Waals surface area contributed by atoms with Crippen LogP contribution < -0.4 is 5.32 Å². The molecule has 0 spiro atoms. The summed E-state index contributed by atoms with van der Waals surface area (Å²) in [6.07, 6.45) is 7.53. The largest absolute Gasteiger partial charge is 0.345 e. The van der Waals surface area contributed by atoms with E-state index in [0.717, 1.165) is 24.9 Å². The van der Waals surface area contributed by atoms with E-state index in [4.69, 9.17) is 0 Å². The summed E-state index contributed by atoms with van der Waals surface area (Å²) >= 11 is 0. The molecule has 1 heterocycles. The normalized spacial score (nSPS) is 17.9. The number of carbonyl (C=O) groups excluding carboxylic acids is 1. The monoisotopic (exact) mass is 359 g/mol. The van der Waals surface area contributed by atoms with Gasteiger partial charge >= 0.3 is 0 Å². The van der Waals surface area contributed by atoms with E-state index < -0.39 is 0 Å². The van der Waals surface area contributed by atoms with Gasteiger partial charge in [-0.15, -0.1) is 0 Å². The first-order chi connectivity index (χ1) is 13.0. The molecular formula is C23H25N3O. The molecular weight excluding hydrogens is 334 g/mol. The smallest absolute Gasteiger partial charge is 0.251 e. The van der Waals surface area contributed by atoms with Gasteiger partial charge in [0.15, 0.2) is 0 Å². The van der Waals surface area contributed by atoms with Gasteiger partial charge in [-0.3, -0.25) is 4.79 Å². The zero-order valence-corrected chi connectivity index (χ0v) is 15.9. The fourth-order valence-electron chi connectivity index (χ4n) is 3.96. The molecule has 1 unspecified atom stereocenters. The third-order valence-electron chi connectivity index (χ3n) is 5.57. The lowest BCUT2D eigenvalue weighted by Gasteiger charge is -2.37. The highest BCUT2D eigenvalue weighted by Crippen LogP contribution is 2.41. The molecule has 1 amide bonds. The molecule has 0 saturated carbocycles. The van der Waals surface area contributed by atoms with E-state index in [0.29, 0.717) is 5.56 Å². The average Bonchev–Trinajstić information content (AvgIpc) is 3.18. The fourth-order valence-corrected chi connectivity index (χ4v) is 3.96. The summed E-state index contributed by atoms with van der Waals surface area (Å²) in [5, 5.41) is 3.24. The minimum atomic E-state index is -0.0105. The van der Waals surface area contributed by atoms with Crippen LogP contribution in [-0.4, -0.2) is 15.5 Å². The number of benzene rings is 2. The van der Waals surface area contributed by atoms with Crippen molar-refractivity contribution in [3.05, 3.63) is 89.5 Å². The summed E-state index contributed by atoms with van der Waals surface area (Å²) in [6, 6.07) is 16.4. The summed E-state index contributed by atoms with van der Waals surface area (Å²) in [5.74, 6) is -0.0105. The molecule has 0 aliphatic heterocycles. The van der Waals surface area contributed by atoms with Crippen LogP contribution in [0.2, 0.25) is 0 Å². The SMILES string of the molecule is CC1(C)CCC(NC(=O)c2ccc(Cn3ccnc3)cc2)c2ccccc21. The standard InChI is InChI=1S/C23H25N3O/c1-23(2)12-11-21(19-5-3-4-6-20(19)23)25-22(27)18-9-7-17(8-10-18)15-26-14-13-24-16-26/h3-10,13-14,16,21H,11-12,15H2,1-2H3,(H,25,27). The Morgan fingerprint density at radius 3 is 2.70 bits per heavy atom. The van der Waals surface area contributed by atoms with Gasteiger partial charge in [0, 0.05) is 24.5 Å². The van der Waals surface area contributed by atoms with Gasteiger partial charge < -0.3 is 9.88 Å². The Hall–Kier alpha value is -2.88. The lowest BCUT2D eigenvalue weighted by atomic mass is 9.71. The number of imidazole rings is 1. The number of nitrogens with zero attached hydrogens (tertiary/aromatic N) is 2. The molecule has 2 aromatic carbocycles. The lowest BCUT2D eigenvalue weighted by Crippen LogP contribution is -2.35. The minimum absolute atomic E-state index is 0.0105. The second-order valence-electron chi connectivity index (χ2n) is 7.97. The van der Waals surface area contributed by atoms with Crippen molar-refractivity contribution in [2.24, 2.45) is 0 Å². The van der Waals surface area contributed by atoms with Crippen LogP contribution in [0, 0.1) is 0 Å². The maximum atomic E-state index is 12.8. The Labute approximate surface area is 160 Å². The molecule has 0 saturated heterocycles. The Balaban J connectivity index is 1.48. The van der Waals surface area contributed by atoms with Crippen LogP contribution in [0.3, 0.4) is 0 Å². The molecule has 0 fully saturated rings. The number of rotatable bonds is 4. The zero-order valence-electron chi connectivity index (χ0n) is 15.9. The number of fused-ring (bicyclic) bond motifs is 1. The number of nitrogens with one attached hydrogen (secondary N) is 1. The first kappa shape index (κ1) is 17.5. The molecule has 1 aromatic heterocycles. The predicted molar refractivity (Wildman–Crippen MR) is 107 cm³/mol. The second kappa shape index (κ2) is 7.03.